The summed E-state index contributed by atoms with van der Waals surface area (Å²) in [6, 6.07) is 26.4. The van der Waals surface area contributed by atoms with Crippen molar-refractivity contribution in [1.29, 1.82) is 0 Å². The van der Waals surface area contributed by atoms with E-state index in [9.17, 15) is 9.59 Å². The van der Waals surface area contributed by atoms with E-state index in [2.05, 4.69) is 19.2 Å². The molecule has 0 spiro atoms. The minimum absolute atomic E-state index is 0.102. The number of carbonyl (C=O) groups excluding carboxylic acids is 2. The normalized spacial score (nSPS) is 11.8. The Labute approximate surface area is 211 Å². The molecule has 1 atom stereocenters. The van der Waals surface area contributed by atoms with Crippen LogP contribution >= 0.6 is 23.4 Å². The first-order valence-electron chi connectivity index (χ1n) is 11.5. The Kier molecular flexibility index (Phi) is 10.0. The Bertz CT molecular complexity index is 1060. The van der Waals surface area contributed by atoms with Crippen LogP contribution in [0.1, 0.15) is 25.0 Å². The molecule has 178 valence electrons. The first-order valence-corrected chi connectivity index (χ1v) is 12.8. The quantitative estimate of drug-likeness (QED) is 0.340. The van der Waals surface area contributed by atoms with Crippen LogP contribution in [0.15, 0.2) is 89.8 Å². The summed E-state index contributed by atoms with van der Waals surface area (Å²) in [4.78, 5) is 29.7. The van der Waals surface area contributed by atoms with Crippen molar-refractivity contribution in [3.05, 3.63) is 101 Å². The molecular weight excluding hydrogens is 464 g/mol. The predicted octanol–water partition coefficient (Wildman–Crippen LogP) is 5.84. The highest BCUT2D eigenvalue weighted by Gasteiger charge is 2.30. The average molecular weight is 495 g/mol. The number of benzene rings is 3. The van der Waals surface area contributed by atoms with Crippen molar-refractivity contribution in [2.75, 3.05) is 12.3 Å². The van der Waals surface area contributed by atoms with E-state index in [0.717, 1.165) is 16.0 Å². The van der Waals surface area contributed by atoms with Gasteiger partial charge in [-0.05, 0) is 35.2 Å². The van der Waals surface area contributed by atoms with Gasteiger partial charge in [0.25, 0.3) is 0 Å². The Morgan fingerprint density at radius 3 is 2.18 bits per heavy atom. The van der Waals surface area contributed by atoms with Gasteiger partial charge in [0.1, 0.15) is 6.04 Å². The van der Waals surface area contributed by atoms with Crippen molar-refractivity contribution in [3.63, 3.8) is 0 Å². The van der Waals surface area contributed by atoms with Gasteiger partial charge in [0, 0.05) is 29.4 Å². The summed E-state index contributed by atoms with van der Waals surface area (Å²) in [5, 5.41) is 3.62. The molecule has 0 radical (unpaired) electrons. The van der Waals surface area contributed by atoms with Crippen LogP contribution < -0.4 is 5.32 Å². The molecule has 0 unspecified atom stereocenters. The second kappa shape index (κ2) is 13.2. The van der Waals surface area contributed by atoms with Gasteiger partial charge in [0.05, 0.1) is 5.75 Å². The maximum Gasteiger partial charge on any atom is 0.243 e. The van der Waals surface area contributed by atoms with E-state index in [1.165, 1.54) is 11.8 Å². The molecule has 0 aliphatic rings. The van der Waals surface area contributed by atoms with E-state index in [1.54, 1.807) is 4.90 Å². The molecule has 0 aliphatic carbocycles. The lowest BCUT2D eigenvalue weighted by Crippen LogP contribution is -2.51. The second-order valence-electron chi connectivity index (χ2n) is 8.56. The largest absolute Gasteiger partial charge is 0.354 e. The van der Waals surface area contributed by atoms with Gasteiger partial charge < -0.3 is 10.2 Å². The number of nitrogens with zero attached hydrogens (tertiary/aromatic N) is 1. The molecule has 0 heterocycles. The monoisotopic (exact) mass is 494 g/mol. The number of rotatable bonds is 11. The highest BCUT2D eigenvalue weighted by Crippen LogP contribution is 2.23. The molecule has 0 fully saturated rings. The lowest BCUT2D eigenvalue weighted by molar-refractivity contribution is -0.139. The number of carbonyl (C=O) groups is 2. The molecule has 34 heavy (non-hydrogen) atoms. The van der Waals surface area contributed by atoms with Crippen molar-refractivity contribution in [3.8, 4) is 0 Å². The molecule has 1 N–H and O–H groups in total. The summed E-state index contributed by atoms with van der Waals surface area (Å²) in [5.74, 6) is 0.289. The van der Waals surface area contributed by atoms with Gasteiger partial charge >= 0.3 is 0 Å². The Balaban J connectivity index is 1.90. The number of hydrogen-bond donors (Lipinski definition) is 1. The van der Waals surface area contributed by atoms with E-state index in [0.29, 0.717) is 23.9 Å². The van der Waals surface area contributed by atoms with Crippen molar-refractivity contribution in [1.82, 2.24) is 10.2 Å². The summed E-state index contributed by atoms with van der Waals surface area (Å²) >= 11 is 7.92. The average Bonchev–Trinajstić information content (AvgIpc) is 2.85. The Hall–Kier alpha value is -2.76. The van der Waals surface area contributed by atoms with Gasteiger partial charge in [0.15, 0.2) is 0 Å². The van der Waals surface area contributed by atoms with E-state index in [4.69, 9.17) is 11.6 Å². The number of hydrogen-bond acceptors (Lipinski definition) is 3. The molecule has 0 aliphatic heterocycles. The van der Waals surface area contributed by atoms with Crippen LogP contribution in [-0.4, -0.2) is 35.1 Å². The zero-order valence-corrected chi connectivity index (χ0v) is 21.2. The first-order chi connectivity index (χ1) is 16.4. The van der Waals surface area contributed by atoms with E-state index < -0.39 is 6.04 Å². The summed E-state index contributed by atoms with van der Waals surface area (Å²) in [5.41, 5.74) is 1.82. The molecule has 3 rings (SSSR count). The SMILES string of the molecule is CC(C)CNC(=O)[C@H](Cc1ccccc1)N(Cc1ccccc1Cl)C(=O)CSc1ccccc1. The standard InChI is InChI=1S/C28H31ClN2O2S/c1-21(2)18-30-28(33)26(17-22-11-5-3-6-12-22)31(19-23-13-9-10-16-25(23)29)27(32)20-34-24-14-7-4-8-15-24/h3-16,21,26H,17-20H2,1-2H3,(H,30,33)/t26-/m0/s1. The fourth-order valence-corrected chi connectivity index (χ4v) is 4.53. The van der Waals surface area contributed by atoms with Crippen LogP contribution in [0.5, 0.6) is 0 Å². The van der Waals surface area contributed by atoms with Gasteiger partial charge in [0.2, 0.25) is 11.8 Å². The first kappa shape index (κ1) is 25.9. The van der Waals surface area contributed by atoms with Crippen LogP contribution in [0, 0.1) is 5.92 Å². The van der Waals surface area contributed by atoms with Gasteiger partial charge in [-0.25, -0.2) is 0 Å². The number of thioether (sulfide) groups is 1. The number of halogens is 1. The molecule has 4 nitrogen and oxygen atoms in total. The summed E-state index contributed by atoms with van der Waals surface area (Å²) in [6.07, 6.45) is 0.428. The molecule has 6 heteroatoms. The van der Waals surface area contributed by atoms with Crippen molar-refractivity contribution >= 4 is 35.2 Å². The van der Waals surface area contributed by atoms with Gasteiger partial charge in [-0.15, -0.1) is 11.8 Å². The second-order valence-corrected chi connectivity index (χ2v) is 10.0. The van der Waals surface area contributed by atoms with Crippen molar-refractivity contribution in [2.24, 2.45) is 5.92 Å². The molecule has 0 saturated carbocycles. The van der Waals surface area contributed by atoms with Gasteiger partial charge in [-0.3, -0.25) is 9.59 Å². The summed E-state index contributed by atoms with van der Waals surface area (Å²) < 4.78 is 0. The topological polar surface area (TPSA) is 49.4 Å². The molecule has 2 amide bonds. The summed E-state index contributed by atoms with van der Waals surface area (Å²) in [6.45, 7) is 4.92. The number of amides is 2. The zero-order chi connectivity index (χ0) is 24.3. The molecule has 0 bridgehead atoms. The van der Waals surface area contributed by atoms with Crippen LogP contribution in [0.25, 0.3) is 0 Å². The molecule has 0 saturated heterocycles. The maximum atomic E-state index is 13.6. The number of nitrogens with one attached hydrogen (secondary N) is 1. The third-order valence-corrected chi connectivity index (χ3v) is 6.73. The zero-order valence-electron chi connectivity index (χ0n) is 19.6. The van der Waals surface area contributed by atoms with Crippen molar-refractivity contribution < 1.29 is 9.59 Å². The third kappa shape index (κ3) is 7.93. The van der Waals surface area contributed by atoms with Crippen molar-refractivity contribution in [2.45, 2.75) is 37.8 Å². The predicted molar refractivity (Wildman–Crippen MR) is 141 cm³/mol. The van der Waals surface area contributed by atoms with Gasteiger partial charge in [-0.2, -0.15) is 0 Å². The lowest BCUT2D eigenvalue weighted by Gasteiger charge is -2.32. The fourth-order valence-electron chi connectivity index (χ4n) is 3.53. The maximum absolute atomic E-state index is 13.6. The third-order valence-electron chi connectivity index (χ3n) is 5.36. The Morgan fingerprint density at radius 1 is 0.912 bits per heavy atom. The fraction of sp³-hybridized carbons (Fsp3) is 0.286. The van der Waals surface area contributed by atoms with E-state index in [1.807, 2.05) is 84.9 Å². The highest BCUT2D eigenvalue weighted by atomic mass is 35.5. The summed E-state index contributed by atoms with van der Waals surface area (Å²) in [7, 11) is 0. The molecule has 3 aromatic carbocycles. The minimum Gasteiger partial charge on any atom is -0.354 e. The van der Waals surface area contributed by atoms with E-state index >= 15 is 0 Å². The molecule has 0 aromatic heterocycles. The smallest absolute Gasteiger partial charge is 0.243 e. The lowest BCUT2D eigenvalue weighted by atomic mass is 10.0. The molecule has 3 aromatic rings. The minimum atomic E-state index is -0.652. The van der Waals surface area contributed by atoms with Crippen LogP contribution in [0.4, 0.5) is 0 Å². The Morgan fingerprint density at radius 2 is 1.53 bits per heavy atom. The van der Waals surface area contributed by atoms with Crippen LogP contribution in [-0.2, 0) is 22.6 Å². The highest BCUT2D eigenvalue weighted by molar-refractivity contribution is 8.00. The van der Waals surface area contributed by atoms with Crippen LogP contribution in [0.2, 0.25) is 5.02 Å². The molecular formula is C28H31ClN2O2S. The van der Waals surface area contributed by atoms with E-state index in [-0.39, 0.29) is 24.1 Å². The van der Waals surface area contributed by atoms with Gasteiger partial charge in [-0.1, -0.05) is 92.2 Å². The van der Waals surface area contributed by atoms with Crippen LogP contribution in [0.3, 0.4) is 0 Å².